The van der Waals surface area contributed by atoms with Gasteiger partial charge >= 0.3 is 0 Å². The molecule has 0 bridgehead atoms. The lowest BCUT2D eigenvalue weighted by molar-refractivity contribution is -0.121. The van der Waals surface area contributed by atoms with Crippen LogP contribution in [0, 0.1) is 29.6 Å². The molecule has 2 nitrogen and oxygen atoms in total. The van der Waals surface area contributed by atoms with Crippen molar-refractivity contribution in [1.82, 2.24) is 0 Å². The molecule has 1 aromatic rings. The largest absolute Gasteiger partial charge is 0.326 e. The van der Waals surface area contributed by atoms with Gasteiger partial charge in [0.1, 0.15) is 0 Å². The molecule has 3 fully saturated rings. The Labute approximate surface area is 216 Å². The van der Waals surface area contributed by atoms with Crippen LogP contribution in [-0.2, 0) is 4.79 Å². The fourth-order valence-corrected chi connectivity index (χ4v) is 7.76. The van der Waals surface area contributed by atoms with Gasteiger partial charge in [0.15, 0.2) is 0 Å². The first-order valence-corrected chi connectivity index (χ1v) is 15.6. The van der Waals surface area contributed by atoms with Crippen LogP contribution in [0.2, 0.25) is 0 Å². The second kappa shape index (κ2) is 13.8. The summed E-state index contributed by atoms with van der Waals surface area (Å²) < 4.78 is 0. The molecule has 0 unspecified atom stereocenters. The van der Waals surface area contributed by atoms with Gasteiger partial charge in [-0.25, -0.2) is 0 Å². The van der Waals surface area contributed by atoms with Gasteiger partial charge in [0.2, 0.25) is 5.91 Å². The minimum atomic E-state index is 0.213. The molecule has 0 atom stereocenters. The molecule has 3 aliphatic carbocycles. The number of carbonyl (C=O) groups excluding carboxylic acids is 1. The van der Waals surface area contributed by atoms with E-state index in [9.17, 15) is 4.79 Å². The number of amides is 1. The zero-order valence-electron chi connectivity index (χ0n) is 22.9. The Kier molecular flexibility index (Phi) is 10.6. The summed E-state index contributed by atoms with van der Waals surface area (Å²) in [4.78, 5) is 13.0. The number of nitrogens with one attached hydrogen (secondary N) is 1. The Hall–Kier alpha value is -1.31. The first kappa shape index (κ1) is 26.7. The zero-order valence-corrected chi connectivity index (χ0v) is 22.9. The van der Waals surface area contributed by atoms with Crippen LogP contribution < -0.4 is 5.32 Å². The summed E-state index contributed by atoms with van der Waals surface area (Å²) in [6, 6.07) is 8.87. The Morgan fingerprint density at radius 1 is 0.686 bits per heavy atom. The van der Waals surface area contributed by atoms with Crippen molar-refractivity contribution in [3.63, 3.8) is 0 Å². The lowest BCUT2D eigenvalue weighted by atomic mass is 9.68. The van der Waals surface area contributed by atoms with E-state index in [0.717, 1.165) is 48.1 Å². The van der Waals surface area contributed by atoms with E-state index in [1.165, 1.54) is 108 Å². The quantitative estimate of drug-likeness (QED) is 0.332. The molecule has 1 N–H and O–H groups in total. The number of benzene rings is 1. The molecule has 1 aromatic carbocycles. The fraction of sp³-hybridized carbons (Fsp3) is 0.788. The maximum Gasteiger partial charge on any atom is 0.227 e. The highest BCUT2D eigenvalue weighted by Gasteiger charge is 2.32. The fourth-order valence-electron chi connectivity index (χ4n) is 7.76. The molecular weight excluding hydrogens is 426 g/mol. The Morgan fingerprint density at radius 2 is 1.26 bits per heavy atom. The number of anilines is 1. The minimum Gasteiger partial charge on any atom is -0.326 e. The zero-order chi connectivity index (χ0) is 24.5. The van der Waals surface area contributed by atoms with Crippen LogP contribution in [0.15, 0.2) is 24.3 Å². The van der Waals surface area contributed by atoms with E-state index in [-0.39, 0.29) is 11.8 Å². The van der Waals surface area contributed by atoms with Crippen LogP contribution in [-0.4, -0.2) is 5.91 Å². The number of hydrogen-bond donors (Lipinski definition) is 1. The van der Waals surface area contributed by atoms with Gasteiger partial charge < -0.3 is 5.32 Å². The van der Waals surface area contributed by atoms with Crippen molar-refractivity contribution in [3.8, 4) is 0 Å². The maximum atomic E-state index is 13.0. The van der Waals surface area contributed by atoms with Crippen molar-refractivity contribution in [1.29, 1.82) is 0 Å². The van der Waals surface area contributed by atoms with Crippen LogP contribution in [0.1, 0.15) is 141 Å². The van der Waals surface area contributed by atoms with Crippen molar-refractivity contribution in [2.45, 2.75) is 135 Å². The molecule has 196 valence electrons. The molecule has 0 heterocycles. The standard InChI is InChI=1S/C33H53NO/c1-3-5-6-8-26-11-15-28(16-12-26)30-21-23-32(24-22-30)34-33(35)31-19-17-29(18-20-31)27-13-9-25(7-4-2)10-14-27/h21-29,31H,3-20H2,1-2H3,(H,34,35). The topological polar surface area (TPSA) is 29.1 Å². The van der Waals surface area contributed by atoms with E-state index in [1.807, 2.05) is 0 Å². The highest BCUT2D eigenvalue weighted by molar-refractivity contribution is 5.92. The summed E-state index contributed by atoms with van der Waals surface area (Å²) in [7, 11) is 0. The van der Waals surface area contributed by atoms with Crippen molar-refractivity contribution in [2.24, 2.45) is 29.6 Å². The van der Waals surface area contributed by atoms with Crippen molar-refractivity contribution >= 4 is 11.6 Å². The van der Waals surface area contributed by atoms with Crippen molar-refractivity contribution in [3.05, 3.63) is 29.8 Å². The highest BCUT2D eigenvalue weighted by Crippen LogP contribution is 2.42. The number of carbonyl (C=O) groups is 1. The molecule has 3 saturated carbocycles. The van der Waals surface area contributed by atoms with Crippen molar-refractivity contribution in [2.75, 3.05) is 5.32 Å². The Balaban J connectivity index is 1.16. The number of rotatable bonds is 10. The second-order valence-corrected chi connectivity index (χ2v) is 12.5. The van der Waals surface area contributed by atoms with Gasteiger partial charge in [-0.15, -0.1) is 0 Å². The summed E-state index contributed by atoms with van der Waals surface area (Å²) in [5.74, 6) is 4.96. The van der Waals surface area contributed by atoms with Crippen molar-refractivity contribution < 1.29 is 4.79 Å². The predicted molar refractivity (Wildman–Crippen MR) is 150 cm³/mol. The molecule has 2 heteroatoms. The average Bonchev–Trinajstić information content (AvgIpc) is 2.90. The van der Waals surface area contributed by atoms with Crippen LogP contribution in [0.4, 0.5) is 5.69 Å². The van der Waals surface area contributed by atoms with E-state index >= 15 is 0 Å². The van der Waals surface area contributed by atoms with E-state index in [4.69, 9.17) is 0 Å². The molecule has 4 rings (SSSR count). The van der Waals surface area contributed by atoms with Gasteiger partial charge in [-0.05, 0) is 111 Å². The third-order valence-corrected chi connectivity index (χ3v) is 10.1. The summed E-state index contributed by atoms with van der Waals surface area (Å²) in [6.45, 7) is 4.63. The smallest absolute Gasteiger partial charge is 0.227 e. The van der Waals surface area contributed by atoms with E-state index in [2.05, 4.69) is 43.4 Å². The second-order valence-electron chi connectivity index (χ2n) is 12.5. The van der Waals surface area contributed by atoms with Crippen LogP contribution in [0.25, 0.3) is 0 Å². The summed E-state index contributed by atoms with van der Waals surface area (Å²) in [6.07, 6.45) is 24.3. The molecule has 0 spiro atoms. The third kappa shape index (κ3) is 7.83. The van der Waals surface area contributed by atoms with Gasteiger partial charge in [-0.1, -0.05) is 77.3 Å². The monoisotopic (exact) mass is 479 g/mol. The molecule has 0 saturated heterocycles. The third-order valence-electron chi connectivity index (χ3n) is 10.1. The molecule has 35 heavy (non-hydrogen) atoms. The lowest BCUT2D eigenvalue weighted by Crippen LogP contribution is -2.30. The molecule has 3 aliphatic rings. The predicted octanol–water partition coefficient (Wildman–Crippen LogP) is 9.89. The van der Waals surface area contributed by atoms with Gasteiger partial charge in [0, 0.05) is 11.6 Å². The molecule has 0 aliphatic heterocycles. The summed E-state index contributed by atoms with van der Waals surface area (Å²) in [5.41, 5.74) is 2.47. The van der Waals surface area contributed by atoms with Gasteiger partial charge in [-0.3, -0.25) is 4.79 Å². The van der Waals surface area contributed by atoms with E-state index < -0.39 is 0 Å². The van der Waals surface area contributed by atoms with E-state index in [1.54, 1.807) is 0 Å². The SMILES string of the molecule is CCCCCC1CCC(c2ccc(NC(=O)C3CCC(C4CCC(CCC)CC4)CC3)cc2)CC1. The molecule has 1 amide bonds. The van der Waals surface area contributed by atoms with Crippen LogP contribution >= 0.6 is 0 Å². The van der Waals surface area contributed by atoms with Gasteiger partial charge in [0.05, 0.1) is 0 Å². The first-order valence-electron chi connectivity index (χ1n) is 15.6. The number of unbranched alkanes of at least 4 members (excludes halogenated alkanes) is 2. The van der Waals surface area contributed by atoms with Crippen LogP contribution in [0.3, 0.4) is 0 Å². The average molecular weight is 480 g/mol. The van der Waals surface area contributed by atoms with Gasteiger partial charge in [0.25, 0.3) is 0 Å². The molecular formula is C33H53NO. The van der Waals surface area contributed by atoms with Gasteiger partial charge in [-0.2, -0.15) is 0 Å². The number of hydrogen-bond acceptors (Lipinski definition) is 1. The maximum absolute atomic E-state index is 13.0. The molecule has 0 radical (unpaired) electrons. The normalized spacial score (nSPS) is 31.7. The first-order chi connectivity index (χ1) is 17.2. The van der Waals surface area contributed by atoms with E-state index in [0.29, 0.717) is 0 Å². The Morgan fingerprint density at radius 3 is 1.86 bits per heavy atom. The highest BCUT2D eigenvalue weighted by atomic mass is 16.1. The Bertz CT molecular complexity index is 731. The minimum absolute atomic E-state index is 0.213. The summed E-state index contributed by atoms with van der Waals surface area (Å²) >= 11 is 0. The molecule has 0 aromatic heterocycles. The van der Waals surface area contributed by atoms with Crippen LogP contribution in [0.5, 0.6) is 0 Å². The summed E-state index contributed by atoms with van der Waals surface area (Å²) in [5, 5.41) is 3.25. The lowest BCUT2D eigenvalue weighted by Gasteiger charge is -2.37.